The Bertz CT molecular complexity index is 358. The van der Waals surface area contributed by atoms with Gasteiger partial charge in [0.15, 0.2) is 0 Å². The summed E-state index contributed by atoms with van der Waals surface area (Å²) in [6.45, 7) is 6.27. The van der Waals surface area contributed by atoms with Gasteiger partial charge in [-0.2, -0.15) is 0 Å². The van der Waals surface area contributed by atoms with Crippen molar-refractivity contribution >= 4 is 5.91 Å². The van der Waals surface area contributed by atoms with E-state index in [-0.39, 0.29) is 17.5 Å². The van der Waals surface area contributed by atoms with Gasteiger partial charge in [-0.05, 0) is 58.2 Å². The van der Waals surface area contributed by atoms with Crippen molar-refractivity contribution in [3.8, 4) is 0 Å². The third-order valence-electron chi connectivity index (χ3n) is 5.66. The van der Waals surface area contributed by atoms with Crippen LogP contribution in [0.5, 0.6) is 0 Å². The molecule has 0 aromatic heterocycles. The highest BCUT2D eigenvalue weighted by Crippen LogP contribution is 2.35. The Morgan fingerprint density at radius 3 is 2.67 bits per heavy atom. The summed E-state index contributed by atoms with van der Waals surface area (Å²) in [6, 6.07) is -0.000948. The van der Waals surface area contributed by atoms with Gasteiger partial charge < -0.3 is 15.5 Å². The van der Waals surface area contributed by atoms with Gasteiger partial charge in [-0.1, -0.05) is 26.7 Å². The summed E-state index contributed by atoms with van der Waals surface area (Å²) < 4.78 is 0. The molecule has 0 aromatic rings. The number of carbonyl (C=O) groups is 1. The maximum absolute atomic E-state index is 12.5. The van der Waals surface area contributed by atoms with Gasteiger partial charge in [0.1, 0.15) is 0 Å². The highest BCUT2D eigenvalue weighted by Gasteiger charge is 2.38. The molecule has 1 aliphatic heterocycles. The molecule has 4 unspecified atom stereocenters. The van der Waals surface area contributed by atoms with Crippen molar-refractivity contribution in [3.05, 3.63) is 0 Å². The van der Waals surface area contributed by atoms with Crippen LogP contribution in [-0.2, 0) is 4.79 Å². The molecule has 2 aliphatic rings. The number of hydrogen-bond acceptors (Lipinski definition) is 3. The van der Waals surface area contributed by atoms with Crippen molar-refractivity contribution in [2.24, 2.45) is 11.8 Å². The molecule has 0 radical (unpaired) electrons. The minimum absolute atomic E-state index is 0.000948. The maximum atomic E-state index is 12.5. The molecule has 2 fully saturated rings. The predicted octanol–water partition coefficient (Wildman–Crippen LogP) is 2.00. The zero-order valence-corrected chi connectivity index (χ0v) is 14.2. The highest BCUT2D eigenvalue weighted by molar-refractivity contribution is 5.82. The van der Waals surface area contributed by atoms with E-state index in [0.717, 1.165) is 25.4 Å². The molecule has 1 saturated carbocycles. The lowest BCUT2D eigenvalue weighted by atomic mass is 9.75. The quantitative estimate of drug-likeness (QED) is 0.834. The second-order valence-corrected chi connectivity index (χ2v) is 7.59. The molecular weight excluding hydrogens is 262 g/mol. The zero-order valence-electron chi connectivity index (χ0n) is 14.2. The SMILES string of the molecule is CC1CCCC(CNC(=O)C2NCCCC2C)(N(C)C)C1. The van der Waals surface area contributed by atoms with Crippen LogP contribution in [-0.4, -0.2) is 49.6 Å². The van der Waals surface area contributed by atoms with Crippen molar-refractivity contribution in [1.29, 1.82) is 0 Å². The van der Waals surface area contributed by atoms with Crippen molar-refractivity contribution in [2.45, 2.75) is 64.0 Å². The van der Waals surface area contributed by atoms with Gasteiger partial charge in [-0.25, -0.2) is 0 Å². The van der Waals surface area contributed by atoms with Crippen LogP contribution in [0.1, 0.15) is 52.4 Å². The molecule has 0 bridgehead atoms. The third-order valence-corrected chi connectivity index (χ3v) is 5.66. The number of nitrogens with one attached hydrogen (secondary N) is 2. The summed E-state index contributed by atoms with van der Waals surface area (Å²) >= 11 is 0. The number of nitrogens with zero attached hydrogens (tertiary/aromatic N) is 1. The smallest absolute Gasteiger partial charge is 0.237 e. The first-order valence-corrected chi connectivity index (χ1v) is 8.63. The topological polar surface area (TPSA) is 44.4 Å². The first-order chi connectivity index (χ1) is 9.94. The first kappa shape index (κ1) is 16.8. The molecule has 2 N–H and O–H groups in total. The third kappa shape index (κ3) is 3.98. The van der Waals surface area contributed by atoms with E-state index in [1.165, 1.54) is 32.1 Å². The van der Waals surface area contributed by atoms with E-state index >= 15 is 0 Å². The van der Waals surface area contributed by atoms with E-state index in [9.17, 15) is 4.79 Å². The lowest BCUT2D eigenvalue weighted by Gasteiger charge is -2.45. The van der Waals surface area contributed by atoms with E-state index in [1.807, 2.05) is 0 Å². The van der Waals surface area contributed by atoms with Gasteiger partial charge in [0.25, 0.3) is 0 Å². The summed E-state index contributed by atoms with van der Waals surface area (Å²) in [5.41, 5.74) is 0.144. The maximum Gasteiger partial charge on any atom is 0.237 e. The van der Waals surface area contributed by atoms with Gasteiger partial charge in [0, 0.05) is 12.1 Å². The second kappa shape index (κ2) is 7.10. The number of amides is 1. The van der Waals surface area contributed by atoms with Crippen LogP contribution >= 0.6 is 0 Å². The van der Waals surface area contributed by atoms with E-state index in [2.05, 4.69) is 43.5 Å². The number of hydrogen-bond donors (Lipinski definition) is 2. The van der Waals surface area contributed by atoms with Crippen LogP contribution in [0.2, 0.25) is 0 Å². The van der Waals surface area contributed by atoms with Crippen LogP contribution in [0.3, 0.4) is 0 Å². The molecule has 2 rings (SSSR count). The Hall–Kier alpha value is -0.610. The number of carbonyl (C=O) groups excluding carboxylic acids is 1. The minimum Gasteiger partial charge on any atom is -0.353 e. The standard InChI is InChI=1S/C17H33N3O/c1-13-7-5-9-17(11-13,20(3)4)12-19-16(21)15-14(2)8-6-10-18-15/h13-15,18H,5-12H2,1-4H3,(H,19,21). The predicted molar refractivity (Wildman–Crippen MR) is 87.2 cm³/mol. The Kier molecular flexibility index (Phi) is 5.67. The largest absolute Gasteiger partial charge is 0.353 e. The summed E-state index contributed by atoms with van der Waals surface area (Å²) in [5, 5.41) is 6.63. The van der Waals surface area contributed by atoms with E-state index < -0.39 is 0 Å². The average Bonchev–Trinajstić information content (AvgIpc) is 2.45. The molecule has 4 nitrogen and oxygen atoms in total. The Morgan fingerprint density at radius 1 is 1.29 bits per heavy atom. The summed E-state index contributed by atoms with van der Waals surface area (Å²) in [6.07, 6.45) is 7.31. The molecule has 1 aliphatic carbocycles. The molecule has 1 saturated heterocycles. The lowest BCUT2D eigenvalue weighted by molar-refractivity contribution is -0.125. The molecule has 4 heteroatoms. The van der Waals surface area contributed by atoms with Crippen LogP contribution < -0.4 is 10.6 Å². The van der Waals surface area contributed by atoms with Crippen molar-refractivity contribution in [1.82, 2.24) is 15.5 Å². The lowest BCUT2D eigenvalue weighted by Crippen LogP contribution is -2.58. The minimum atomic E-state index is -0.000948. The summed E-state index contributed by atoms with van der Waals surface area (Å²) in [7, 11) is 4.32. The van der Waals surface area contributed by atoms with Gasteiger partial charge in [0.2, 0.25) is 5.91 Å². The molecule has 21 heavy (non-hydrogen) atoms. The average molecular weight is 295 g/mol. The van der Waals surface area contributed by atoms with E-state index in [0.29, 0.717) is 5.92 Å². The highest BCUT2D eigenvalue weighted by atomic mass is 16.2. The fraction of sp³-hybridized carbons (Fsp3) is 0.941. The Labute approximate surface area is 130 Å². The van der Waals surface area contributed by atoms with Crippen molar-refractivity contribution < 1.29 is 4.79 Å². The molecule has 1 heterocycles. The van der Waals surface area contributed by atoms with Gasteiger partial charge in [-0.3, -0.25) is 4.79 Å². The van der Waals surface area contributed by atoms with Crippen LogP contribution in [0.4, 0.5) is 0 Å². The second-order valence-electron chi connectivity index (χ2n) is 7.59. The van der Waals surface area contributed by atoms with Gasteiger partial charge >= 0.3 is 0 Å². The van der Waals surface area contributed by atoms with Crippen LogP contribution in [0, 0.1) is 11.8 Å². The van der Waals surface area contributed by atoms with Crippen molar-refractivity contribution in [3.63, 3.8) is 0 Å². The first-order valence-electron chi connectivity index (χ1n) is 8.63. The number of rotatable bonds is 4. The van der Waals surface area contributed by atoms with Gasteiger partial charge in [-0.15, -0.1) is 0 Å². The van der Waals surface area contributed by atoms with Crippen molar-refractivity contribution in [2.75, 3.05) is 27.2 Å². The fourth-order valence-corrected chi connectivity index (χ4v) is 4.12. The Morgan fingerprint density at radius 2 is 2.05 bits per heavy atom. The normalized spacial score (nSPS) is 37.5. The van der Waals surface area contributed by atoms with E-state index in [4.69, 9.17) is 0 Å². The van der Waals surface area contributed by atoms with Crippen LogP contribution in [0.15, 0.2) is 0 Å². The molecule has 4 atom stereocenters. The molecular formula is C17H33N3O. The van der Waals surface area contributed by atoms with Gasteiger partial charge in [0.05, 0.1) is 6.04 Å². The fourth-order valence-electron chi connectivity index (χ4n) is 4.12. The summed E-state index contributed by atoms with van der Waals surface area (Å²) in [4.78, 5) is 14.8. The Balaban J connectivity index is 1.93. The molecule has 0 aromatic carbocycles. The number of likely N-dealkylation sites (N-methyl/N-ethyl adjacent to an activating group) is 1. The molecule has 1 amide bonds. The van der Waals surface area contributed by atoms with E-state index in [1.54, 1.807) is 0 Å². The summed E-state index contributed by atoms with van der Waals surface area (Å²) in [5.74, 6) is 1.39. The molecule has 0 spiro atoms. The van der Waals surface area contributed by atoms with Crippen LogP contribution in [0.25, 0.3) is 0 Å². The zero-order chi connectivity index (χ0) is 15.5. The monoisotopic (exact) mass is 295 g/mol. The number of piperidine rings is 1. The molecule has 122 valence electrons.